The van der Waals surface area contributed by atoms with Crippen molar-refractivity contribution in [2.24, 2.45) is 0 Å². The van der Waals surface area contributed by atoms with Crippen molar-refractivity contribution in [1.82, 2.24) is 0 Å². The second kappa shape index (κ2) is 4.70. The van der Waals surface area contributed by atoms with E-state index in [1.165, 1.54) is 6.07 Å². The number of ether oxygens (including phenoxy) is 2. The average Bonchev–Trinajstić information content (AvgIpc) is 2.72. The van der Waals surface area contributed by atoms with E-state index in [0.29, 0.717) is 17.2 Å². The van der Waals surface area contributed by atoms with E-state index in [9.17, 15) is 9.90 Å². The summed E-state index contributed by atoms with van der Waals surface area (Å²) in [5.74, 6) is 0.305. The van der Waals surface area contributed by atoms with E-state index in [2.05, 4.69) is 33.9 Å². The zero-order valence-corrected chi connectivity index (χ0v) is 13.4. The molecule has 110 valence electrons. The second-order valence-electron chi connectivity index (χ2n) is 6.37. The van der Waals surface area contributed by atoms with Gasteiger partial charge in [-0.05, 0) is 18.1 Å². The highest BCUT2D eigenvalue weighted by Gasteiger charge is 2.40. The first-order valence-corrected chi connectivity index (χ1v) is 9.38. The lowest BCUT2D eigenvalue weighted by Gasteiger charge is -2.36. The van der Waals surface area contributed by atoms with Gasteiger partial charge in [0.15, 0.2) is 11.5 Å². The van der Waals surface area contributed by atoms with Crippen LogP contribution in [0.2, 0.25) is 18.1 Å². The molecule has 0 radical (unpaired) electrons. The van der Waals surface area contributed by atoms with E-state index in [4.69, 9.17) is 13.9 Å². The van der Waals surface area contributed by atoms with Gasteiger partial charge in [-0.2, -0.15) is 0 Å². The monoisotopic (exact) mass is 296 g/mol. The highest BCUT2D eigenvalue weighted by molar-refractivity contribution is 6.74. The van der Waals surface area contributed by atoms with Gasteiger partial charge in [-0.15, -0.1) is 0 Å². The zero-order valence-electron chi connectivity index (χ0n) is 12.4. The lowest BCUT2D eigenvalue weighted by atomic mass is 10.2. The number of hydrogen-bond acceptors (Lipinski definition) is 4. The van der Waals surface area contributed by atoms with Gasteiger partial charge in [0.1, 0.15) is 11.3 Å². The Labute approximate surface area is 119 Å². The van der Waals surface area contributed by atoms with Crippen LogP contribution in [-0.2, 0) is 0 Å². The van der Waals surface area contributed by atoms with Gasteiger partial charge >= 0.3 is 5.97 Å². The van der Waals surface area contributed by atoms with Gasteiger partial charge in [0.2, 0.25) is 6.79 Å². The van der Waals surface area contributed by atoms with Crippen LogP contribution in [0.15, 0.2) is 12.1 Å². The third-order valence-electron chi connectivity index (χ3n) is 3.88. The van der Waals surface area contributed by atoms with Crippen molar-refractivity contribution < 1.29 is 23.8 Å². The molecule has 2 rings (SSSR count). The van der Waals surface area contributed by atoms with Crippen molar-refractivity contribution in [3.8, 4) is 17.2 Å². The summed E-state index contributed by atoms with van der Waals surface area (Å²) in [6.45, 7) is 10.6. The molecule has 1 N–H and O–H groups in total. The Morgan fingerprint density at radius 3 is 2.30 bits per heavy atom. The SMILES string of the molecule is CC(C)(C)[Si](C)(C)Oc1cc2c(cc1C(=O)O)OCO2. The molecule has 0 bridgehead atoms. The summed E-state index contributed by atoms with van der Waals surface area (Å²) in [5, 5.41) is 9.32. The van der Waals surface area contributed by atoms with Crippen molar-refractivity contribution in [2.75, 3.05) is 6.79 Å². The molecule has 0 unspecified atom stereocenters. The standard InChI is InChI=1S/C14H20O5Si/c1-14(2,3)20(4,5)19-10-7-12-11(17-8-18-12)6-9(10)13(15)16/h6-7H,8H2,1-5H3,(H,15,16). The van der Waals surface area contributed by atoms with E-state index in [1.807, 2.05) is 0 Å². The molecule has 0 saturated carbocycles. The van der Waals surface area contributed by atoms with Gasteiger partial charge in [0.05, 0.1) is 0 Å². The van der Waals surface area contributed by atoms with Gasteiger partial charge in [-0.3, -0.25) is 0 Å². The number of carboxylic acids is 1. The highest BCUT2D eigenvalue weighted by atomic mass is 28.4. The minimum absolute atomic E-state index is 0.0147. The van der Waals surface area contributed by atoms with E-state index < -0.39 is 14.3 Å². The molecule has 0 aromatic heterocycles. The van der Waals surface area contributed by atoms with Crippen LogP contribution in [0.3, 0.4) is 0 Å². The van der Waals surface area contributed by atoms with Crippen molar-refractivity contribution in [3.05, 3.63) is 17.7 Å². The van der Waals surface area contributed by atoms with Crippen LogP contribution in [0.4, 0.5) is 0 Å². The molecule has 0 amide bonds. The molecule has 0 spiro atoms. The Morgan fingerprint density at radius 2 is 1.80 bits per heavy atom. The molecule has 1 aromatic carbocycles. The lowest BCUT2D eigenvalue weighted by Crippen LogP contribution is -2.44. The number of benzene rings is 1. The fourth-order valence-corrected chi connectivity index (χ4v) is 2.63. The van der Waals surface area contributed by atoms with Gasteiger partial charge in [-0.1, -0.05) is 20.8 Å². The van der Waals surface area contributed by atoms with E-state index in [-0.39, 0.29) is 17.4 Å². The Balaban J connectivity index is 2.43. The summed E-state index contributed by atoms with van der Waals surface area (Å²) in [6, 6.07) is 3.08. The van der Waals surface area contributed by atoms with Crippen LogP contribution >= 0.6 is 0 Å². The molecule has 0 fully saturated rings. The number of carbonyl (C=O) groups is 1. The molecule has 5 nitrogen and oxygen atoms in total. The summed E-state index contributed by atoms with van der Waals surface area (Å²) in [4.78, 5) is 11.4. The van der Waals surface area contributed by atoms with Crippen LogP contribution in [0.1, 0.15) is 31.1 Å². The summed E-state index contributed by atoms with van der Waals surface area (Å²) < 4.78 is 16.6. The van der Waals surface area contributed by atoms with E-state index in [0.717, 1.165) is 0 Å². The van der Waals surface area contributed by atoms with Crippen LogP contribution < -0.4 is 13.9 Å². The second-order valence-corrected chi connectivity index (χ2v) is 11.1. The molecule has 1 aliphatic rings. The number of fused-ring (bicyclic) bond motifs is 1. The van der Waals surface area contributed by atoms with E-state index in [1.54, 1.807) is 6.07 Å². The largest absolute Gasteiger partial charge is 0.543 e. The molecule has 0 saturated heterocycles. The molecule has 1 aromatic rings. The van der Waals surface area contributed by atoms with Gasteiger partial charge < -0.3 is 19.0 Å². The maximum absolute atomic E-state index is 11.4. The minimum Gasteiger partial charge on any atom is -0.543 e. The topological polar surface area (TPSA) is 65.0 Å². The van der Waals surface area contributed by atoms with Crippen LogP contribution in [0.5, 0.6) is 17.2 Å². The molecule has 1 aliphatic heterocycles. The fourth-order valence-electron chi connectivity index (χ4n) is 1.60. The molecule has 1 heterocycles. The maximum atomic E-state index is 11.4. The Bertz CT molecular complexity index is 545. The minimum atomic E-state index is -2.12. The normalized spacial score (nSPS) is 14.2. The van der Waals surface area contributed by atoms with Gasteiger partial charge in [0.25, 0.3) is 8.32 Å². The average molecular weight is 296 g/mol. The quantitative estimate of drug-likeness (QED) is 0.865. The Hall–Kier alpha value is -1.69. The number of aromatic carboxylic acids is 1. The first kappa shape index (κ1) is 14.7. The smallest absolute Gasteiger partial charge is 0.339 e. The van der Waals surface area contributed by atoms with Gasteiger partial charge in [0, 0.05) is 12.1 Å². The summed E-state index contributed by atoms with van der Waals surface area (Å²) in [5.41, 5.74) is 0.110. The van der Waals surface area contributed by atoms with E-state index >= 15 is 0 Å². The molecular formula is C14H20O5Si. The maximum Gasteiger partial charge on any atom is 0.339 e. The van der Waals surface area contributed by atoms with Crippen molar-refractivity contribution in [2.45, 2.75) is 38.9 Å². The Morgan fingerprint density at radius 1 is 1.25 bits per heavy atom. The third-order valence-corrected chi connectivity index (χ3v) is 8.22. The first-order valence-electron chi connectivity index (χ1n) is 6.48. The number of rotatable bonds is 3. The molecule has 0 aliphatic carbocycles. The number of carboxylic acid groups (broad SMARTS) is 1. The molecule has 0 atom stereocenters. The predicted molar refractivity (Wildman–Crippen MR) is 77.3 cm³/mol. The third kappa shape index (κ3) is 2.60. The fraction of sp³-hybridized carbons (Fsp3) is 0.500. The van der Waals surface area contributed by atoms with Crippen molar-refractivity contribution >= 4 is 14.3 Å². The van der Waals surface area contributed by atoms with Gasteiger partial charge in [-0.25, -0.2) is 4.79 Å². The predicted octanol–water partition coefficient (Wildman–Crippen LogP) is 3.50. The molecule has 20 heavy (non-hydrogen) atoms. The van der Waals surface area contributed by atoms with Crippen molar-refractivity contribution in [3.63, 3.8) is 0 Å². The lowest BCUT2D eigenvalue weighted by molar-refractivity contribution is 0.0694. The highest BCUT2D eigenvalue weighted by Crippen LogP contribution is 2.42. The van der Waals surface area contributed by atoms with Crippen LogP contribution in [-0.4, -0.2) is 26.2 Å². The number of hydrogen-bond donors (Lipinski definition) is 1. The summed E-state index contributed by atoms with van der Waals surface area (Å²) >= 11 is 0. The zero-order chi connectivity index (χ0) is 15.1. The molecular weight excluding hydrogens is 276 g/mol. The van der Waals surface area contributed by atoms with Crippen LogP contribution in [0.25, 0.3) is 0 Å². The van der Waals surface area contributed by atoms with Crippen LogP contribution in [0, 0.1) is 0 Å². The summed E-state index contributed by atoms with van der Waals surface area (Å²) in [7, 11) is -2.12. The summed E-state index contributed by atoms with van der Waals surface area (Å²) in [6.07, 6.45) is 0. The molecule has 6 heteroatoms. The Kier molecular flexibility index (Phi) is 3.45. The van der Waals surface area contributed by atoms with Crippen molar-refractivity contribution in [1.29, 1.82) is 0 Å². The first-order chi connectivity index (χ1) is 9.12.